The van der Waals surface area contributed by atoms with E-state index in [0.717, 1.165) is 25.7 Å². The molecule has 2 unspecified atom stereocenters. The lowest BCUT2D eigenvalue weighted by Gasteiger charge is -2.30. The van der Waals surface area contributed by atoms with Crippen LogP contribution in [0.2, 0.25) is 0 Å². The summed E-state index contributed by atoms with van der Waals surface area (Å²) in [6.45, 7) is 3.61. The minimum absolute atomic E-state index is 0.0524. The number of aliphatic hydroxyl groups excluding tert-OH is 1. The minimum Gasteiger partial charge on any atom is -0.391 e. The summed E-state index contributed by atoms with van der Waals surface area (Å²) in [4.78, 5) is 11.6. The van der Waals surface area contributed by atoms with Crippen molar-refractivity contribution in [3.63, 3.8) is 0 Å². The van der Waals surface area contributed by atoms with E-state index in [-0.39, 0.29) is 18.1 Å². The van der Waals surface area contributed by atoms with Crippen molar-refractivity contribution in [2.45, 2.75) is 56.0 Å². The fourth-order valence-electron chi connectivity index (χ4n) is 1.62. The van der Waals surface area contributed by atoms with Gasteiger partial charge in [-0.3, -0.25) is 4.79 Å². The molecule has 2 N–H and O–H groups in total. The SMILES string of the molecule is CC(C)(Br)C(=O)NC1CCCCC1O. The average Bonchev–Trinajstić information content (AvgIpc) is 2.07. The number of alkyl halides is 1. The van der Waals surface area contributed by atoms with E-state index in [1.165, 1.54) is 0 Å². The first-order valence-electron chi connectivity index (χ1n) is 5.09. The number of hydrogen-bond acceptors (Lipinski definition) is 2. The van der Waals surface area contributed by atoms with Gasteiger partial charge in [-0.2, -0.15) is 0 Å². The highest BCUT2D eigenvalue weighted by Gasteiger charge is 2.30. The van der Waals surface area contributed by atoms with Crippen molar-refractivity contribution in [3.05, 3.63) is 0 Å². The molecule has 0 aliphatic heterocycles. The molecule has 0 spiro atoms. The van der Waals surface area contributed by atoms with E-state index in [0.29, 0.717) is 0 Å². The summed E-state index contributed by atoms with van der Waals surface area (Å²) >= 11 is 3.30. The number of hydrogen-bond donors (Lipinski definition) is 2. The third kappa shape index (κ3) is 3.24. The number of carbonyl (C=O) groups excluding carboxylic acids is 1. The Hall–Kier alpha value is -0.0900. The van der Waals surface area contributed by atoms with Crippen LogP contribution in [0.25, 0.3) is 0 Å². The zero-order chi connectivity index (χ0) is 10.8. The molecule has 0 heterocycles. The van der Waals surface area contributed by atoms with Crippen LogP contribution in [0, 0.1) is 0 Å². The van der Waals surface area contributed by atoms with Crippen LogP contribution in [0.3, 0.4) is 0 Å². The first-order valence-corrected chi connectivity index (χ1v) is 5.88. The molecule has 0 aromatic heterocycles. The molecule has 0 aromatic carbocycles. The van der Waals surface area contributed by atoms with E-state index in [4.69, 9.17) is 0 Å². The monoisotopic (exact) mass is 263 g/mol. The molecule has 0 bridgehead atoms. The van der Waals surface area contributed by atoms with Crippen LogP contribution in [-0.2, 0) is 4.79 Å². The molecule has 82 valence electrons. The molecule has 14 heavy (non-hydrogen) atoms. The van der Waals surface area contributed by atoms with Gasteiger partial charge >= 0.3 is 0 Å². The number of halogens is 1. The minimum atomic E-state index is -0.551. The molecule has 1 aliphatic carbocycles. The maximum atomic E-state index is 11.6. The Kier molecular flexibility index (Phi) is 3.95. The van der Waals surface area contributed by atoms with Gasteiger partial charge in [0, 0.05) is 0 Å². The predicted octanol–water partition coefficient (Wildman–Crippen LogP) is 1.58. The number of carbonyl (C=O) groups is 1. The molecule has 4 heteroatoms. The highest BCUT2D eigenvalue weighted by Crippen LogP contribution is 2.21. The lowest BCUT2D eigenvalue weighted by atomic mass is 9.92. The lowest BCUT2D eigenvalue weighted by Crippen LogP contribution is -2.49. The molecular formula is C10H18BrNO2. The summed E-state index contributed by atoms with van der Waals surface area (Å²) in [5, 5.41) is 12.5. The molecule has 1 aliphatic rings. The van der Waals surface area contributed by atoms with Crippen molar-refractivity contribution >= 4 is 21.8 Å². The number of rotatable bonds is 2. The van der Waals surface area contributed by atoms with E-state index >= 15 is 0 Å². The summed E-state index contributed by atoms with van der Waals surface area (Å²) in [5.41, 5.74) is 0. The highest BCUT2D eigenvalue weighted by molar-refractivity contribution is 9.10. The van der Waals surface area contributed by atoms with Gasteiger partial charge in [-0.05, 0) is 26.7 Å². The van der Waals surface area contributed by atoms with Gasteiger partial charge < -0.3 is 10.4 Å². The molecular weight excluding hydrogens is 246 g/mol. The zero-order valence-corrected chi connectivity index (χ0v) is 10.3. The Balaban J connectivity index is 2.46. The summed E-state index contributed by atoms with van der Waals surface area (Å²) < 4.78 is -0.551. The molecule has 3 nitrogen and oxygen atoms in total. The van der Waals surface area contributed by atoms with E-state index < -0.39 is 4.32 Å². The number of nitrogens with one attached hydrogen (secondary N) is 1. The van der Waals surface area contributed by atoms with Crippen LogP contribution in [0.5, 0.6) is 0 Å². The standard InChI is InChI=1S/C10H18BrNO2/c1-10(2,11)9(14)12-7-5-3-4-6-8(7)13/h7-8,13H,3-6H2,1-2H3,(H,12,14). The predicted molar refractivity (Wildman–Crippen MR) is 59.4 cm³/mol. The van der Waals surface area contributed by atoms with E-state index in [1.54, 1.807) is 13.8 Å². The molecule has 1 fully saturated rings. The van der Waals surface area contributed by atoms with Crippen molar-refractivity contribution < 1.29 is 9.90 Å². The van der Waals surface area contributed by atoms with Gasteiger partial charge in [0.05, 0.1) is 16.5 Å². The molecule has 1 rings (SSSR count). The second kappa shape index (κ2) is 4.62. The molecule has 1 amide bonds. The van der Waals surface area contributed by atoms with E-state index in [2.05, 4.69) is 21.2 Å². The topological polar surface area (TPSA) is 49.3 Å². The maximum absolute atomic E-state index is 11.6. The smallest absolute Gasteiger partial charge is 0.236 e. The summed E-state index contributed by atoms with van der Waals surface area (Å²) in [6.07, 6.45) is 3.46. The van der Waals surface area contributed by atoms with Gasteiger partial charge in [-0.25, -0.2) is 0 Å². The molecule has 2 atom stereocenters. The average molecular weight is 264 g/mol. The quantitative estimate of drug-likeness (QED) is 0.744. The number of aliphatic hydroxyl groups is 1. The normalized spacial score (nSPS) is 28.6. The summed E-state index contributed by atoms with van der Waals surface area (Å²) in [7, 11) is 0. The van der Waals surface area contributed by atoms with Gasteiger partial charge in [-0.15, -0.1) is 0 Å². The van der Waals surface area contributed by atoms with Crippen LogP contribution >= 0.6 is 15.9 Å². The lowest BCUT2D eigenvalue weighted by molar-refractivity contribution is -0.124. The summed E-state index contributed by atoms with van der Waals surface area (Å²) in [5.74, 6) is -0.0524. The molecule has 0 saturated heterocycles. The molecule has 1 saturated carbocycles. The van der Waals surface area contributed by atoms with Crippen LogP contribution in [0.4, 0.5) is 0 Å². The fraction of sp³-hybridized carbons (Fsp3) is 0.900. The third-order valence-electron chi connectivity index (χ3n) is 2.59. The fourth-order valence-corrected chi connectivity index (χ4v) is 1.73. The van der Waals surface area contributed by atoms with Gasteiger partial charge in [0.2, 0.25) is 5.91 Å². The van der Waals surface area contributed by atoms with Gasteiger partial charge in [-0.1, -0.05) is 28.8 Å². The third-order valence-corrected chi connectivity index (χ3v) is 2.95. The Labute approximate surface area is 93.4 Å². The second-order valence-electron chi connectivity index (χ2n) is 4.40. The van der Waals surface area contributed by atoms with Crippen molar-refractivity contribution in [2.75, 3.05) is 0 Å². The van der Waals surface area contributed by atoms with Crippen LogP contribution < -0.4 is 5.32 Å². The zero-order valence-electron chi connectivity index (χ0n) is 8.72. The largest absolute Gasteiger partial charge is 0.391 e. The first-order chi connectivity index (χ1) is 6.41. The first kappa shape index (κ1) is 12.0. The number of amides is 1. The van der Waals surface area contributed by atoms with Gasteiger partial charge in [0.15, 0.2) is 0 Å². The van der Waals surface area contributed by atoms with Gasteiger partial charge in [0.25, 0.3) is 0 Å². The highest BCUT2D eigenvalue weighted by atomic mass is 79.9. The van der Waals surface area contributed by atoms with E-state index in [9.17, 15) is 9.90 Å². The molecule has 0 radical (unpaired) electrons. The maximum Gasteiger partial charge on any atom is 0.236 e. The Bertz CT molecular complexity index is 213. The van der Waals surface area contributed by atoms with Crippen molar-refractivity contribution in [1.29, 1.82) is 0 Å². The van der Waals surface area contributed by atoms with Crippen LogP contribution in [-0.4, -0.2) is 27.5 Å². The Morgan fingerprint density at radius 2 is 2.00 bits per heavy atom. The van der Waals surface area contributed by atoms with Gasteiger partial charge in [0.1, 0.15) is 0 Å². The van der Waals surface area contributed by atoms with Crippen molar-refractivity contribution in [1.82, 2.24) is 5.32 Å². The Morgan fingerprint density at radius 3 is 2.50 bits per heavy atom. The van der Waals surface area contributed by atoms with E-state index in [1.807, 2.05) is 0 Å². The Morgan fingerprint density at radius 1 is 1.43 bits per heavy atom. The van der Waals surface area contributed by atoms with Crippen LogP contribution in [0.1, 0.15) is 39.5 Å². The van der Waals surface area contributed by atoms with Crippen molar-refractivity contribution in [3.8, 4) is 0 Å². The van der Waals surface area contributed by atoms with Crippen molar-refractivity contribution in [2.24, 2.45) is 0 Å². The summed E-state index contributed by atoms with van der Waals surface area (Å²) in [6, 6.07) is -0.0620. The molecule has 0 aromatic rings. The van der Waals surface area contributed by atoms with Crippen LogP contribution in [0.15, 0.2) is 0 Å². The second-order valence-corrected chi connectivity index (χ2v) is 6.39.